The monoisotopic (exact) mass is 556 g/mol. The van der Waals surface area contributed by atoms with Crippen LogP contribution in [0.15, 0.2) is 24.3 Å². The number of carbonyl (C=O) groups is 4. The summed E-state index contributed by atoms with van der Waals surface area (Å²) in [6.45, 7) is 0.549. The molecule has 3 amide bonds. The van der Waals surface area contributed by atoms with E-state index < -0.39 is 5.91 Å². The summed E-state index contributed by atoms with van der Waals surface area (Å²) < 4.78 is 21.2. The first kappa shape index (κ1) is 30.2. The zero-order valence-corrected chi connectivity index (χ0v) is 23.1. The molecule has 12 heteroatoms. The molecule has 0 radical (unpaired) electrons. The van der Waals surface area contributed by atoms with E-state index in [1.54, 1.807) is 0 Å². The van der Waals surface area contributed by atoms with Crippen molar-refractivity contribution in [3.8, 4) is 23.0 Å². The molecule has 1 aliphatic rings. The first-order valence-corrected chi connectivity index (χ1v) is 12.9. The number of hydrogen-bond acceptors (Lipinski definition) is 9. The molecule has 0 atom stereocenters. The molecule has 0 unspecified atom stereocenters. The SMILES string of the molecule is COc1cc(OC)c(C(=O)NC2CCC(NC(=O)c3cc(C(=O)NCCN)c(OC)cc3OC)CC2)cc1C=O. The molecule has 40 heavy (non-hydrogen) atoms. The van der Waals surface area contributed by atoms with Gasteiger partial charge < -0.3 is 40.6 Å². The highest BCUT2D eigenvalue weighted by Crippen LogP contribution is 2.31. The zero-order chi connectivity index (χ0) is 29.2. The topological polar surface area (TPSA) is 167 Å². The number of hydrogen-bond donors (Lipinski definition) is 4. The maximum atomic E-state index is 13.2. The minimum Gasteiger partial charge on any atom is -0.496 e. The average molecular weight is 557 g/mol. The average Bonchev–Trinajstić information content (AvgIpc) is 2.99. The summed E-state index contributed by atoms with van der Waals surface area (Å²) >= 11 is 0. The number of nitrogens with one attached hydrogen (secondary N) is 3. The van der Waals surface area contributed by atoms with Crippen molar-refractivity contribution >= 4 is 24.0 Å². The third kappa shape index (κ3) is 7.00. The Balaban J connectivity index is 1.66. The Bertz CT molecular complexity index is 1240. The van der Waals surface area contributed by atoms with Crippen molar-refractivity contribution in [3.05, 3.63) is 46.5 Å². The second kappa shape index (κ2) is 14.2. The van der Waals surface area contributed by atoms with Gasteiger partial charge in [-0.2, -0.15) is 0 Å². The summed E-state index contributed by atoms with van der Waals surface area (Å²) in [5.74, 6) is -0.00433. The first-order chi connectivity index (χ1) is 19.3. The Morgan fingerprint density at radius 1 is 0.725 bits per heavy atom. The van der Waals surface area contributed by atoms with Crippen LogP contribution >= 0.6 is 0 Å². The highest BCUT2D eigenvalue weighted by atomic mass is 16.5. The molecule has 0 aromatic heterocycles. The van der Waals surface area contributed by atoms with Gasteiger partial charge in [0, 0.05) is 37.3 Å². The van der Waals surface area contributed by atoms with Gasteiger partial charge in [-0.25, -0.2) is 0 Å². The lowest BCUT2D eigenvalue weighted by molar-refractivity contribution is 0.0888. The molecule has 2 aromatic carbocycles. The quantitative estimate of drug-likeness (QED) is 0.284. The predicted octanol–water partition coefficient (Wildman–Crippen LogP) is 1.69. The summed E-state index contributed by atoms with van der Waals surface area (Å²) in [6, 6.07) is 5.63. The van der Waals surface area contributed by atoms with Gasteiger partial charge in [0.1, 0.15) is 23.0 Å². The largest absolute Gasteiger partial charge is 0.496 e. The number of nitrogens with two attached hydrogens (primary N) is 1. The molecule has 0 heterocycles. The van der Waals surface area contributed by atoms with E-state index in [0.29, 0.717) is 43.5 Å². The summed E-state index contributed by atoms with van der Waals surface area (Å²) in [7, 11) is 5.73. The fourth-order valence-corrected chi connectivity index (χ4v) is 4.64. The Labute approximate surface area is 232 Å². The normalized spacial score (nSPS) is 16.3. The fraction of sp³-hybridized carbons (Fsp3) is 0.429. The summed E-state index contributed by atoms with van der Waals surface area (Å²) in [4.78, 5) is 50.2. The predicted molar refractivity (Wildman–Crippen MR) is 147 cm³/mol. The van der Waals surface area contributed by atoms with Gasteiger partial charge in [0.15, 0.2) is 6.29 Å². The van der Waals surface area contributed by atoms with E-state index in [4.69, 9.17) is 24.7 Å². The van der Waals surface area contributed by atoms with Crippen molar-refractivity contribution in [1.82, 2.24) is 16.0 Å². The van der Waals surface area contributed by atoms with Gasteiger partial charge in [-0.05, 0) is 37.8 Å². The third-order valence-corrected chi connectivity index (χ3v) is 6.76. The van der Waals surface area contributed by atoms with Crippen LogP contribution < -0.4 is 40.6 Å². The maximum absolute atomic E-state index is 13.2. The summed E-state index contributed by atoms with van der Waals surface area (Å²) in [5, 5.41) is 8.68. The van der Waals surface area contributed by atoms with Crippen molar-refractivity contribution in [2.75, 3.05) is 41.5 Å². The molecule has 1 aliphatic carbocycles. The van der Waals surface area contributed by atoms with Crippen LogP contribution in [0, 0.1) is 0 Å². The van der Waals surface area contributed by atoms with Crippen molar-refractivity contribution in [3.63, 3.8) is 0 Å². The van der Waals surface area contributed by atoms with Crippen molar-refractivity contribution in [1.29, 1.82) is 0 Å². The van der Waals surface area contributed by atoms with Crippen molar-refractivity contribution < 1.29 is 38.1 Å². The van der Waals surface area contributed by atoms with Gasteiger partial charge in [-0.1, -0.05) is 0 Å². The lowest BCUT2D eigenvalue weighted by Gasteiger charge is -2.30. The smallest absolute Gasteiger partial charge is 0.255 e. The van der Waals surface area contributed by atoms with Crippen LogP contribution in [-0.2, 0) is 0 Å². The van der Waals surface area contributed by atoms with E-state index in [-0.39, 0.29) is 70.7 Å². The van der Waals surface area contributed by atoms with Crippen molar-refractivity contribution in [2.45, 2.75) is 37.8 Å². The van der Waals surface area contributed by atoms with Gasteiger partial charge in [0.25, 0.3) is 17.7 Å². The minimum absolute atomic E-state index is 0.125. The summed E-state index contributed by atoms with van der Waals surface area (Å²) in [5.41, 5.74) is 6.36. The van der Waals surface area contributed by atoms with Gasteiger partial charge >= 0.3 is 0 Å². The Morgan fingerprint density at radius 3 is 1.57 bits per heavy atom. The Kier molecular flexibility index (Phi) is 10.7. The molecule has 12 nitrogen and oxygen atoms in total. The highest BCUT2D eigenvalue weighted by molar-refractivity contribution is 6.03. The molecule has 0 bridgehead atoms. The van der Waals surface area contributed by atoms with E-state index >= 15 is 0 Å². The van der Waals surface area contributed by atoms with E-state index in [9.17, 15) is 19.2 Å². The molecule has 3 rings (SSSR count). The number of methoxy groups -OCH3 is 4. The fourth-order valence-electron chi connectivity index (χ4n) is 4.64. The van der Waals surface area contributed by atoms with Gasteiger partial charge in [0.05, 0.1) is 50.7 Å². The maximum Gasteiger partial charge on any atom is 0.255 e. The molecule has 216 valence electrons. The second-order valence-electron chi connectivity index (χ2n) is 9.21. The molecule has 0 saturated heterocycles. The summed E-state index contributed by atoms with van der Waals surface area (Å²) in [6.07, 6.45) is 3.12. The number of carbonyl (C=O) groups excluding carboxylic acids is 4. The number of ether oxygens (including phenoxy) is 4. The number of benzene rings is 2. The molecule has 5 N–H and O–H groups in total. The van der Waals surface area contributed by atoms with Gasteiger partial charge in [-0.3, -0.25) is 19.2 Å². The van der Waals surface area contributed by atoms with Crippen LogP contribution in [0.1, 0.15) is 67.1 Å². The van der Waals surface area contributed by atoms with E-state index in [0.717, 1.165) is 0 Å². The molecule has 0 spiro atoms. The lowest BCUT2D eigenvalue weighted by atomic mass is 9.90. The highest BCUT2D eigenvalue weighted by Gasteiger charge is 2.27. The standard InChI is InChI=1S/C28H36N4O8/c1-37-22-13-23(38-2)19(11-16(22)15-33)27(35)31-17-5-7-18(8-6-17)32-28(36)21-12-20(26(34)30-10-9-29)24(39-3)14-25(21)40-4/h11-15,17-18H,5-10,29H2,1-4H3,(H,30,34)(H,31,35)(H,32,36). The van der Waals surface area contributed by atoms with Crippen LogP contribution in [0.25, 0.3) is 0 Å². The van der Waals surface area contributed by atoms with Gasteiger partial charge in [0.2, 0.25) is 0 Å². The minimum atomic E-state index is -0.413. The first-order valence-electron chi connectivity index (χ1n) is 12.9. The van der Waals surface area contributed by atoms with Crippen LogP contribution in [0.2, 0.25) is 0 Å². The van der Waals surface area contributed by atoms with E-state index in [1.165, 1.54) is 52.7 Å². The van der Waals surface area contributed by atoms with Crippen LogP contribution in [0.3, 0.4) is 0 Å². The molecule has 0 aliphatic heterocycles. The zero-order valence-electron chi connectivity index (χ0n) is 23.1. The molecule has 1 saturated carbocycles. The molecule has 1 fully saturated rings. The lowest BCUT2D eigenvalue weighted by Crippen LogP contribution is -2.44. The Hall–Kier alpha value is -4.32. The number of aldehydes is 1. The number of amides is 3. The molecular weight excluding hydrogens is 520 g/mol. The van der Waals surface area contributed by atoms with Crippen LogP contribution in [0.5, 0.6) is 23.0 Å². The second-order valence-corrected chi connectivity index (χ2v) is 9.21. The van der Waals surface area contributed by atoms with Crippen molar-refractivity contribution in [2.24, 2.45) is 5.73 Å². The van der Waals surface area contributed by atoms with E-state index in [1.807, 2.05) is 0 Å². The van der Waals surface area contributed by atoms with Crippen LogP contribution in [-0.4, -0.2) is 77.6 Å². The van der Waals surface area contributed by atoms with Gasteiger partial charge in [-0.15, -0.1) is 0 Å². The molecular formula is C28H36N4O8. The third-order valence-electron chi connectivity index (χ3n) is 6.76. The molecule has 2 aromatic rings. The van der Waals surface area contributed by atoms with Crippen LogP contribution in [0.4, 0.5) is 0 Å². The van der Waals surface area contributed by atoms with E-state index in [2.05, 4.69) is 16.0 Å². The Morgan fingerprint density at radius 2 is 1.15 bits per heavy atom. The number of rotatable bonds is 12.